The lowest BCUT2D eigenvalue weighted by Crippen LogP contribution is -2.54. The van der Waals surface area contributed by atoms with Gasteiger partial charge in [0, 0.05) is 26.7 Å². The number of ketones is 1. The summed E-state index contributed by atoms with van der Waals surface area (Å²) in [6.45, 7) is 12.8. The second-order valence-corrected chi connectivity index (χ2v) is 8.09. The van der Waals surface area contributed by atoms with E-state index in [4.69, 9.17) is 14.2 Å². The molecular formula is C20H30O6. The Morgan fingerprint density at radius 1 is 1.27 bits per heavy atom. The first-order valence-corrected chi connectivity index (χ1v) is 9.23. The quantitative estimate of drug-likeness (QED) is 0.561. The van der Waals surface area contributed by atoms with Crippen molar-refractivity contribution in [3.8, 4) is 0 Å². The molecule has 0 aromatic carbocycles. The van der Waals surface area contributed by atoms with Gasteiger partial charge in [-0.3, -0.25) is 14.4 Å². The van der Waals surface area contributed by atoms with E-state index in [2.05, 4.69) is 20.4 Å². The summed E-state index contributed by atoms with van der Waals surface area (Å²) in [7, 11) is 0. The van der Waals surface area contributed by atoms with E-state index in [-0.39, 0.29) is 17.6 Å². The van der Waals surface area contributed by atoms with E-state index < -0.39 is 35.9 Å². The minimum atomic E-state index is -1.06. The number of esters is 2. The minimum Gasteiger partial charge on any atom is -0.436 e. The Bertz CT molecular complexity index is 583. The van der Waals surface area contributed by atoms with E-state index in [0.717, 1.165) is 6.42 Å². The summed E-state index contributed by atoms with van der Waals surface area (Å²) < 4.78 is 16.3. The topological polar surface area (TPSA) is 78.9 Å². The average Bonchev–Trinajstić information content (AvgIpc) is 2.59. The van der Waals surface area contributed by atoms with Gasteiger partial charge in [0.05, 0.1) is 5.92 Å². The zero-order valence-electron chi connectivity index (χ0n) is 16.3. The Hall–Kier alpha value is -1.69. The fraction of sp³-hybridized carbons (Fsp3) is 0.750. The van der Waals surface area contributed by atoms with E-state index in [9.17, 15) is 14.4 Å². The SMILES string of the molecule is C=C[C@H]1C[C@H](C(C)C)CC(=O)[C@@H]2[C@H](OC(C)=O)O[C@@H](OC(C)=O)C[C@@]21C. The van der Waals surface area contributed by atoms with Crippen molar-refractivity contribution < 1.29 is 28.6 Å². The molecule has 0 aromatic heterocycles. The molecule has 0 aromatic rings. The van der Waals surface area contributed by atoms with Crippen LogP contribution in [0.4, 0.5) is 0 Å². The van der Waals surface area contributed by atoms with Gasteiger partial charge in [0.2, 0.25) is 12.6 Å². The summed E-state index contributed by atoms with van der Waals surface area (Å²) in [5, 5.41) is 0. The molecule has 0 unspecified atom stereocenters. The zero-order chi connectivity index (χ0) is 19.6. The van der Waals surface area contributed by atoms with Crippen molar-refractivity contribution >= 4 is 17.7 Å². The van der Waals surface area contributed by atoms with Crippen LogP contribution in [0.15, 0.2) is 12.7 Å². The second-order valence-electron chi connectivity index (χ2n) is 8.09. The predicted octanol–water partition coefficient (Wildman–Crippen LogP) is 3.24. The lowest BCUT2D eigenvalue weighted by molar-refractivity contribution is -0.294. The van der Waals surface area contributed by atoms with Crippen LogP contribution in [-0.4, -0.2) is 30.3 Å². The Labute approximate surface area is 155 Å². The average molecular weight is 366 g/mol. The van der Waals surface area contributed by atoms with Gasteiger partial charge in [-0.25, -0.2) is 0 Å². The van der Waals surface area contributed by atoms with Crippen LogP contribution in [0.5, 0.6) is 0 Å². The number of rotatable bonds is 4. The largest absolute Gasteiger partial charge is 0.436 e. The maximum Gasteiger partial charge on any atom is 0.304 e. The molecule has 6 atom stereocenters. The normalized spacial score (nSPS) is 37.5. The van der Waals surface area contributed by atoms with Gasteiger partial charge in [-0.05, 0) is 29.6 Å². The molecule has 1 saturated carbocycles. The van der Waals surface area contributed by atoms with Crippen LogP contribution in [0.1, 0.15) is 53.9 Å². The molecule has 0 amide bonds. The van der Waals surface area contributed by atoms with Crippen LogP contribution in [0, 0.1) is 29.1 Å². The molecule has 6 nitrogen and oxygen atoms in total. The van der Waals surface area contributed by atoms with Crippen LogP contribution in [-0.2, 0) is 28.6 Å². The fourth-order valence-corrected chi connectivity index (χ4v) is 4.43. The van der Waals surface area contributed by atoms with Crippen LogP contribution < -0.4 is 0 Å². The van der Waals surface area contributed by atoms with Crippen LogP contribution in [0.2, 0.25) is 0 Å². The van der Waals surface area contributed by atoms with Gasteiger partial charge >= 0.3 is 11.9 Å². The first kappa shape index (κ1) is 20.6. The number of ether oxygens (including phenoxy) is 3. The number of hydrogen-bond donors (Lipinski definition) is 0. The highest BCUT2D eigenvalue weighted by Gasteiger charge is 2.57. The lowest BCUT2D eigenvalue weighted by Gasteiger charge is -2.48. The third-order valence-electron chi connectivity index (χ3n) is 5.90. The molecule has 1 heterocycles. The maximum atomic E-state index is 13.1. The predicted molar refractivity (Wildman–Crippen MR) is 94.7 cm³/mol. The van der Waals surface area contributed by atoms with E-state index in [1.165, 1.54) is 13.8 Å². The molecule has 0 bridgehead atoms. The molecule has 1 saturated heterocycles. The first-order chi connectivity index (χ1) is 12.1. The number of hydrogen-bond acceptors (Lipinski definition) is 6. The third kappa shape index (κ3) is 4.17. The summed E-state index contributed by atoms with van der Waals surface area (Å²) >= 11 is 0. The molecule has 2 rings (SSSR count). The van der Waals surface area contributed by atoms with Crippen molar-refractivity contribution in [3.05, 3.63) is 12.7 Å². The molecule has 146 valence electrons. The lowest BCUT2D eigenvalue weighted by atomic mass is 9.63. The van der Waals surface area contributed by atoms with Gasteiger partial charge in [-0.1, -0.05) is 26.8 Å². The van der Waals surface area contributed by atoms with Gasteiger partial charge in [0.1, 0.15) is 5.78 Å². The van der Waals surface area contributed by atoms with Gasteiger partial charge < -0.3 is 14.2 Å². The van der Waals surface area contributed by atoms with E-state index in [1.54, 1.807) is 0 Å². The summed E-state index contributed by atoms with van der Waals surface area (Å²) in [6, 6.07) is 0. The van der Waals surface area contributed by atoms with Gasteiger partial charge in [0.25, 0.3) is 0 Å². The molecule has 0 radical (unpaired) electrons. The van der Waals surface area contributed by atoms with Crippen molar-refractivity contribution in [2.24, 2.45) is 29.1 Å². The minimum absolute atomic E-state index is 0.0198. The zero-order valence-corrected chi connectivity index (χ0v) is 16.3. The maximum absolute atomic E-state index is 13.1. The number of allylic oxidation sites excluding steroid dienone is 1. The highest BCUT2D eigenvalue weighted by molar-refractivity contribution is 5.83. The van der Waals surface area contributed by atoms with Gasteiger partial charge in [0.15, 0.2) is 0 Å². The Kier molecular flexibility index (Phi) is 6.27. The van der Waals surface area contributed by atoms with Crippen molar-refractivity contribution in [2.75, 3.05) is 0 Å². The first-order valence-electron chi connectivity index (χ1n) is 9.23. The Morgan fingerprint density at radius 3 is 2.38 bits per heavy atom. The van der Waals surface area contributed by atoms with Crippen LogP contribution in [0.3, 0.4) is 0 Å². The molecule has 26 heavy (non-hydrogen) atoms. The second kappa shape index (κ2) is 7.91. The number of carbonyl (C=O) groups excluding carboxylic acids is 3. The van der Waals surface area contributed by atoms with Crippen molar-refractivity contribution in [1.29, 1.82) is 0 Å². The highest BCUT2D eigenvalue weighted by Crippen LogP contribution is 2.53. The van der Waals surface area contributed by atoms with E-state index >= 15 is 0 Å². The van der Waals surface area contributed by atoms with Gasteiger partial charge in [-0.15, -0.1) is 6.58 Å². The standard InChI is InChI=1S/C20H30O6/c1-7-15-8-14(11(2)3)9-16(23)18-19(25-13(5)22)26-17(24-12(4)21)10-20(15,18)6/h7,11,14-15,17-19H,1,8-10H2,2-6H3/t14-,15-,17+,18+,19+,20+/m0/s1. The van der Waals surface area contributed by atoms with Crippen molar-refractivity contribution in [3.63, 3.8) is 0 Å². The number of Topliss-reactive ketones (excluding diaryl/α,β-unsaturated/α-hetero) is 1. The summed E-state index contributed by atoms with van der Waals surface area (Å²) in [6.07, 6.45) is 1.56. The van der Waals surface area contributed by atoms with E-state index in [0.29, 0.717) is 18.8 Å². The molecule has 0 spiro atoms. The molecular weight excluding hydrogens is 336 g/mol. The molecule has 1 aliphatic carbocycles. The highest BCUT2D eigenvalue weighted by atomic mass is 16.8. The number of carbonyl (C=O) groups is 3. The molecule has 2 aliphatic rings. The summed E-state index contributed by atoms with van der Waals surface area (Å²) in [5.74, 6) is -0.998. The number of fused-ring (bicyclic) bond motifs is 1. The van der Waals surface area contributed by atoms with Gasteiger partial charge in [-0.2, -0.15) is 0 Å². The van der Waals surface area contributed by atoms with Crippen LogP contribution in [0.25, 0.3) is 0 Å². The Morgan fingerprint density at radius 2 is 1.88 bits per heavy atom. The fourth-order valence-electron chi connectivity index (χ4n) is 4.43. The molecule has 2 fully saturated rings. The van der Waals surface area contributed by atoms with E-state index in [1.807, 2.05) is 13.0 Å². The third-order valence-corrected chi connectivity index (χ3v) is 5.90. The Balaban J connectivity index is 2.46. The summed E-state index contributed by atoms with van der Waals surface area (Å²) in [4.78, 5) is 36.2. The molecule has 1 aliphatic heterocycles. The molecule has 0 N–H and O–H groups in total. The smallest absolute Gasteiger partial charge is 0.304 e. The monoisotopic (exact) mass is 366 g/mol. The van der Waals surface area contributed by atoms with Crippen LogP contribution >= 0.6 is 0 Å². The van der Waals surface area contributed by atoms with Crippen molar-refractivity contribution in [1.82, 2.24) is 0 Å². The summed E-state index contributed by atoms with van der Waals surface area (Å²) in [5.41, 5.74) is -0.568. The molecule has 6 heteroatoms. The van der Waals surface area contributed by atoms with Crippen molar-refractivity contribution in [2.45, 2.75) is 66.5 Å².